The summed E-state index contributed by atoms with van der Waals surface area (Å²) in [7, 11) is 0. The van der Waals surface area contributed by atoms with Gasteiger partial charge in [-0.2, -0.15) is 11.8 Å². The van der Waals surface area contributed by atoms with Crippen LogP contribution in [0, 0.1) is 6.92 Å². The SMILES string of the molecule is CCCCOc1ccc(C(C)(C)C)cc1C(O)(c1cc(C(C)(C)C)ccc1OCCCC)C(CCSC)N=Cc1cc(C)cc(C(C)(C)C)c1O. The second-order valence-corrected chi connectivity index (χ2v) is 18.2. The number of rotatable bonds is 16. The number of aliphatic hydroxyl groups is 1. The summed E-state index contributed by atoms with van der Waals surface area (Å²) in [5.41, 5.74) is 3.85. The van der Waals surface area contributed by atoms with Crippen LogP contribution in [-0.2, 0) is 21.8 Å². The molecule has 0 saturated heterocycles. The minimum atomic E-state index is -1.65. The van der Waals surface area contributed by atoms with Crippen molar-refractivity contribution in [3.8, 4) is 17.2 Å². The molecular formula is C45H67NO4S. The van der Waals surface area contributed by atoms with Gasteiger partial charge >= 0.3 is 0 Å². The van der Waals surface area contributed by atoms with Gasteiger partial charge in [0.25, 0.3) is 0 Å². The van der Waals surface area contributed by atoms with Gasteiger partial charge in [-0.3, -0.25) is 4.99 Å². The normalized spacial score (nSPS) is 13.5. The van der Waals surface area contributed by atoms with Crippen LogP contribution in [0.15, 0.2) is 53.5 Å². The summed E-state index contributed by atoms with van der Waals surface area (Å²) < 4.78 is 13.1. The maximum absolute atomic E-state index is 13.9. The zero-order valence-electron chi connectivity index (χ0n) is 34.0. The van der Waals surface area contributed by atoms with Gasteiger partial charge in [-0.05, 0) is 101 Å². The van der Waals surface area contributed by atoms with E-state index in [4.69, 9.17) is 14.5 Å². The number of phenols is 1. The third-order valence-corrected chi connectivity index (χ3v) is 10.2. The molecule has 0 amide bonds. The molecule has 0 spiro atoms. The number of hydrogen-bond acceptors (Lipinski definition) is 6. The molecule has 1 atom stereocenters. The van der Waals surface area contributed by atoms with Gasteiger partial charge in [-0.15, -0.1) is 0 Å². The predicted molar refractivity (Wildman–Crippen MR) is 220 cm³/mol. The smallest absolute Gasteiger partial charge is 0.144 e. The average Bonchev–Trinajstić information content (AvgIpc) is 3.04. The second-order valence-electron chi connectivity index (χ2n) is 17.2. The van der Waals surface area contributed by atoms with Gasteiger partial charge in [0.15, 0.2) is 0 Å². The second kappa shape index (κ2) is 17.7. The van der Waals surface area contributed by atoms with Crippen molar-refractivity contribution < 1.29 is 19.7 Å². The Bertz CT molecular complexity index is 1530. The van der Waals surface area contributed by atoms with Gasteiger partial charge in [0.2, 0.25) is 0 Å². The van der Waals surface area contributed by atoms with Crippen LogP contribution in [-0.4, -0.2) is 47.7 Å². The molecular weight excluding hydrogens is 651 g/mol. The Hall–Kier alpha value is -2.96. The minimum absolute atomic E-state index is 0.180. The number of phenolic OH excluding ortho intramolecular Hbond substituents is 1. The predicted octanol–water partition coefficient (Wildman–Crippen LogP) is 11.4. The van der Waals surface area contributed by atoms with Crippen LogP contribution in [0.1, 0.15) is 147 Å². The van der Waals surface area contributed by atoms with Crippen LogP contribution in [0.4, 0.5) is 0 Å². The van der Waals surface area contributed by atoms with Crippen molar-refractivity contribution in [3.05, 3.63) is 87.5 Å². The molecule has 2 N–H and O–H groups in total. The largest absolute Gasteiger partial charge is 0.507 e. The van der Waals surface area contributed by atoms with Crippen LogP contribution in [0.3, 0.4) is 0 Å². The molecule has 6 heteroatoms. The molecule has 0 aliphatic heterocycles. The lowest BCUT2D eigenvalue weighted by molar-refractivity contribution is 0.0451. The first-order chi connectivity index (χ1) is 23.8. The number of nitrogens with zero attached hydrogens (tertiary/aromatic N) is 1. The van der Waals surface area contributed by atoms with E-state index in [1.165, 1.54) is 0 Å². The highest BCUT2D eigenvalue weighted by Crippen LogP contribution is 2.47. The molecule has 282 valence electrons. The number of hydrogen-bond donors (Lipinski definition) is 2. The van der Waals surface area contributed by atoms with E-state index in [9.17, 15) is 10.2 Å². The third-order valence-electron chi connectivity index (χ3n) is 9.59. The fraction of sp³-hybridized carbons (Fsp3) is 0.578. The minimum Gasteiger partial charge on any atom is -0.507 e. The summed E-state index contributed by atoms with van der Waals surface area (Å²) in [5.74, 6) is 2.29. The maximum atomic E-state index is 13.9. The van der Waals surface area contributed by atoms with Crippen LogP contribution < -0.4 is 9.47 Å². The fourth-order valence-electron chi connectivity index (χ4n) is 6.27. The monoisotopic (exact) mass is 717 g/mol. The summed E-state index contributed by atoms with van der Waals surface area (Å²) >= 11 is 1.73. The molecule has 5 nitrogen and oxygen atoms in total. The first kappa shape index (κ1) is 42.5. The van der Waals surface area contributed by atoms with Crippen molar-refractivity contribution in [1.82, 2.24) is 0 Å². The summed E-state index contributed by atoms with van der Waals surface area (Å²) in [4.78, 5) is 5.28. The van der Waals surface area contributed by atoms with Crippen LogP contribution >= 0.6 is 11.8 Å². The van der Waals surface area contributed by atoms with Gasteiger partial charge in [-0.25, -0.2) is 0 Å². The van der Waals surface area contributed by atoms with Crippen LogP contribution in [0.25, 0.3) is 0 Å². The maximum Gasteiger partial charge on any atom is 0.144 e. The van der Waals surface area contributed by atoms with Crippen molar-refractivity contribution >= 4 is 18.0 Å². The standard InChI is InChI=1S/C45H67NO4S/c1-14-16-23-49-38-20-18-33(42(4,5)6)28-35(38)45(48,36-29-34(43(7,8)9)19-21-39(36)50-24-17-15-2)40(22-25-51-13)46-30-32-26-31(3)27-37(41(32)47)44(10,11)12/h18-21,26-30,40,47-48H,14-17,22-25H2,1-13H3. The topological polar surface area (TPSA) is 71.3 Å². The highest BCUT2D eigenvalue weighted by atomic mass is 32.2. The first-order valence-electron chi connectivity index (χ1n) is 18.9. The summed E-state index contributed by atoms with van der Waals surface area (Å²) in [5, 5.41) is 25.5. The lowest BCUT2D eigenvalue weighted by Crippen LogP contribution is -2.41. The van der Waals surface area contributed by atoms with Crippen LogP contribution in [0.5, 0.6) is 17.2 Å². The number of benzene rings is 3. The Balaban J connectivity index is 2.51. The number of aryl methyl sites for hydroxylation is 1. The van der Waals surface area contributed by atoms with Gasteiger partial charge < -0.3 is 19.7 Å². The van der Waals surface area contributed by atoms with E-state index in [-0.39, 0.29) is 22.0 Å². The van der Waals surface area contributed by atoms with Gasteiger partial charge in [-0.1, -0.05) is 107 Å². The molecule has 3 rings (SSSR count). The Kier molecular flexibility index (Phi) is 14.7. The Morgan fingerprint density at radius 3 is 1.63 bits per heavy atom. The number of thioether (sulfide) groups is 1. The summed E-state index contributed by atoms with van der Waals surface area (Å²) in [6.07, 6.45) is 8.24. The fourth-order valence-corrected chi connectivity index (χ4v) is 6.72. The van der Waals surface area contributed by atoms with Gasteiger partial charge in [0, 0.05) is 28.5 Å². The molecule has 0 aliphatic carbocycles. The van der Waals surface area contributed by atoms with Gasteiger partial charge in [0.1, 0.15) is 22.8 Å². The third kappa shape index (κ3) is 10.8. The molecule has 0 aliphatic rings. The number of unbranched alkanes of at least 4 members (excludes halogenated alkanes) is 2. The molecule has 0 fully saturated rings. The van der Waals surface area contributed by atoms with Crippen molar-refractivity contribution in [3.63, 3.8) is 0 Å². The highest BCUT2D eigenvalue weighted by molar-refractivity contribution is 7.98. The van der Waals surface area contributed by atoms with Crippen molar-refractivity contribution in [2.75, 3.05) is 25.2 Å². The van der Waals surface area contributed by atoms with Crippen LogP contribution in [0.2, 0.25) is 0 Å². The number of ether oxygens (including phenoxy) is 2. The van der Waals surface area contributed by atoms with Crippen molar-refractivity contribution in [2.45, 2.75) is 143 Å². The quantitative estimate of drug-likeness (QED) is 0.114. The lowest BCUT2D eigenvalue weighted by Gasteiger charge is -2.39. The van der Waals surface area contributed by atoms with E-state index >= 15 is 0 Å². The lowest BCUT2D eigenvalue weighted by atomic mass is 9.74. The molecule has 0 saturated carbocycles. The van der Waals surface area contributed by atoms with Crippen molar-refractivity contribution in [2.24, 2.45) is 4.99 Å². The Morgan fingerprint density at radius 2 is 1.22 bits per heavy atom. The van der Waals surface area contributed by atoms with E-state index in [1.54, 1.807) is 18.0 Å². The molecule has 0 aromatic heterocycles. The van der Waals surface area contributed by atoms with Gasteiger partial charge in [0.05, 0.1) is 19.3 Å². The molecule has 3 aromatic carbocycles. The molecule has 1 unspecified atom stereocenters. The highest BCUT2D eigenvalue weighted by Gasteiger charge is 2.45. The molecule has 0 heterocycles. The van der Waals surface area contributed by atoms with E-state index < -0.39 is 11.6 Å². The zero-order valence-corrected chi connectivity index (χ0v) is 34.8. The molecule has 0 radical (unpaired) electrons. The van der Waals surface area contributed by atoms with E-state index in [0.29, 0.717) is 47.8 Å². The Morgan fingerprint density at radius 1 is 0.725 bits per heavy atom. The van der Waals surface area contributed by atoms with Crippen molar-refractivity contribution in [1.29, 1.82) is 0 Å². The average molecular weight is 718 g/mol. The number of aromatic hydroxyl groups is 1. The van der Waals surface area contributed by atoms with E-state index in [2.05, 4.69) is 107 Å². The molecule has 51 heavy (non-hydrogen) atoms. The van der Waals surface area contributed by atoms with E-state index in [0.717, 1.165) is 53.7 Å². The Labute approximate surface area is 314 Å². The molecule has 3 aromatic rings. The first-order valence-corrected chi connectivity index (χ1v) is 20.3. The number of aliphatic imine (C=N–C) groups is 1. The summed E-state index contributed by atoms with van der Waals surface area (Å²) in [6.45, 7) is 26.9. The van der Waals surface area contributed by atoms with E-state index in [1.807, 2.05) is 31.2 Å². The zero-order chi connectivity index (χ0) is 38.2. The summed E-state index contributed by atoms with van der Waals surface area (Å²) in [6, 6.07) is 15.9. The molecule has 0 bridgehead atoms.